The number of ether oxygens (including phenoxy) is 1. The van der Waals surface area contributed by atoms with Crippen LogP contribution in [0.5, 0.6) is 11.5 Å². The summed E-state index contributed by atoms with van der Waals surface area (Å²) in [5.41, 5.74) is 0.548. The van der Waals surface area contributed by atoms with E-state index in [-0.39, 0.29) is 11.8 Å². The van der Waals surface area contributed by atoms with Crippen molar-refractivity contribution in [2.45, 2.75) is 26.8 Å². The number of Topliss-reactive ketones (excluding diaryl/α,β-unsaturated/α-hetero) is 1. The predicted molar refractivity (Wildman–Crippen MR) is 76.8 cm³/mol. The molecule has 0 atom stereocenters. The van der Waals surface area contributed by atoms with Crippen molar-refractivity contribution < 1.29 is 9.53 Å². The fraction of sp³-hybridized carbons (Fsp3) is 0.286. The summed E-state index contributed by atoms with van der Waals surface area (Å²) in [7, 11) is 0. The summed E-state index contributed by atoms with van der Waals surface area (Å²) >= 11 is 3.35. The maximum Gasteiger partial charge on any atom is 0.165 e. The van der Waals surface area contributed by atoms with Gasteiger partial charge in [0.25, 0.3) is 0 Å². The number of hydrogen-bond acceptors (Lipinski definition) is 3. The average Bonchev–Trinajstić information content (AvgIpc) is 2.80. The summed E-state index contributed by atoms with van der Waals surface area (Å²) in [4.78, 5) is 11.6. The Balaban J connectivity index is 2.29. The molecule has 5 heteroatoms. The Kier molecular flexibility index (Phi) is 4.04. The Morgan fingerprint density at radius 2 is 2.16 bits per heavy atom. The number of hydrogen-bond donors (Lipinski definition) is 0. The molecule has 1 aromatic heterocycles. The Morgan fingerprint density at radius 3 is 2.74 bits per heavy atom. The maximum absolute atomic E-state index is 11.6. The van der Waals surface area contributed by atoms with E-state index in [0.717, 1.165) is 4.47 Å². The van der Waals surface area contributed by atoms with Crippen LogP contribution in [0.3, 0.4) is 0 Å². The minimum atomic E-state index is -0.0347. The molecule has 0 aliphatic rings. The first-order valence-corrected chi connectivity index (χ1v) is 6.79. The number of halogens is 1. The minimum absolute atomic E-state index is 0.0347. The third-order valence-electron chi connectivity index (χ3n) is 2.66. The lowest BCUT2D eigenvalue weighted by Crippen LogP contribution is -2.00. The van der Waals surface area contributed by atoms with Gasteiger partial charge >= 0.3 is 0 Å². The van der Waals surface area contributed by atoms with Crippen molar-refractivity contribution in [3.05, 3.63) is 40.6 Å². The molecule has 4 nitrogen and oxygen atoms in total. The molecule has 0 saturated carbocycles. The molecule has 0 spiro atoms. The Labute approximate surface area is 120 Å². The molecule has 0 radical (unpaired) electrons. The number of nitrogens with zero attached hydrogens (tertiary/aromatic N) is 2. The topological polar surface area (TPSA) is 44.1 Å². The van der Waals surface area contributed by atoms with Gasteiger partial charge in [-0.15, -0.1) is 0 Å². The van der Waals surface area contributed by atoms with Crippen LogP contribution in [0.15, 0.2) is 35.1 Å². The molecule has 0 bridgehead atoms. The normalized spacial score (nSPS) is 10.8. The summed E-state index contributed by atoms with van der Waals surface area (Å²) in [6.45, 7) is 5.60. The fourth-order valence-corrected chi connectivity index (χ4v) is 2.01. The van der Waals surface area contributed by atoms with Crippen LogP contribution in [0.1, 0.15) is 37.2 Å². The van der Waals surface area contributed by atoms with Gasteiger partial charge in [-0.05, 0) is 39.0 Å². The second-order valence-electron chi connectivity index (χ2n) is 4.55. The zero-order valence-electron chi connectivity index (χ0n) is 11.1. The van der Waals surface area contributed by atoms with E-state index in [1.807, 2.05) is 30.8 Å². The van der Waals surface area contributed by atoms with Crippen LogP contribution in [0.2, 0.25) is 0 Å². The van der Waals surface area contributed by atoms with Crippen molar-refractivity contribution in [1.82, 2.24) is 9.78 Å². The van der Waals surface area contributed by atoms with Crippen LogP contribution in [-0.2, 0) is 0 Å². The second-order valence-corrected chi connectivity index (χ2v) is 5.46. The molecule has 100 valence electrons. The average molecular weight is 323 g/mol. The monoisotopic (exact) mass is 322 g/mol. The molecular weight excluding hydrogens is 308 g/mol. The maximum atomic E-state index is 11.6. The molecule has 2 rings (SSSR count). The molecule has 0 unspecified atom stereocenters. The van der Waals surface area contributed by atoms with Crippen LogP contribution in [0, 0.1) is 0 Å². The van der Waals surface area contributed by atoms with Gasteiger partial charge in [-0.1, -0.05) is 15.9 Å². The Bertz CT molecular complexity index is 605. The van der Waals surface area contributed by atoms with Gasteiger partial charge in [-0.3, -0.25) is 9.48 Å². The van der Waals surface area contributed by atoms with Gasteiger partial charge in [-0.2, -0.15) is 5.10 Å². The van der Waals surface area contributed by atoms with E-state index in [4.69, 9.17) is 4.74 Å². The zero-order chi connectivity index (χ0) is 14.0. The molecule has 0 aliphatic heterocycles. The molecule has 1 aromatic carbocycles. The van der Waals surface area contributed by atoms with E-state index >= 15 is 0 Å². The van der Waals surface area contributed by atoms with Gasteiger partial charge in [0.1, 0.15) is 5.75 Å². The van der Waals surface area contributed by atoms with Crippen LogP contribution < -0.4 is 4.74 Å². The molecular formula is C14H15BrN2O2. The van der Waals surface area contributed by atoms with E-state index in [1.165, 1.54) is 6.92 Å². The zero-order valence-corrected chi connectivity index (χ0v) is 12.6. The lowest BCUT2D eigenvalue weighted by atomic mass is 10.1. The molecule has 2 aromatic rings. The van der Waals surface area contributed by atoms with E-state index < -0.39 is 0 Å². The van der Waals surface area contributed by atoms with E-state index in [1.54, 1.807) is 18.3 Å². The van der Waals surface area contributed by atoms with Gasteiger partial charge in [0.15, 0.2) is 11.5 Å². The second kappa shape index (κ2) is 5.57. The summed E-state index contributed by atoms with van der Waals surface area (Å²) in [6, 6.07) is 5.64. The third kappa shape index (κ3) is 3.23. The number of rotatable bonds is 4. The number of benzene rings is 1. The quantitative estimate of drug-likeness (QED) is 0.791. The van der Waals surface area contributed by atoms with Crippen LogP contribution in [0.4, 0.5) is 0 Å². The van der Waals surface area contributed by atoms with Gasteiger partial charge < -0.3 is 4.74 Å². The molecule has 0 fully saturated rings. The van der Waals surface area contributed by atoms with Gasteiger partial charge in [0.2, 0.25) is 0 Å². The number of ketones is 1. The van der Waals surface area contributed by atoms with Crippen molar-refractivity contribution in [1.29, 1.82) is 0 Å². The smallest absolute Gasteiger partial charge is 0.165 e. The molecule has 0 amide bonds. The molecule has 19 heavy (non-hydrogen) atoms. The highest BCUT2D eigenvalue weighted by Crippen LogP contribution is 2.28. The summed E-state index contributed by atoms with van der Waals surface area (Å²) in [6.07, 6.45) is 3.46. The number of carbonyl (C=O) groups excluding carboxylic acids is 1. The summed E-state index contributed by atoms with van der Waals surface area (Å²) in [5, 5.41) is 4.20. The Morgan fingerprint density at radius 1 is 1.42 bits per heavy atom. The van der Waals surface area contributed by atoms with Crippen LogP contribution in [-0.4, -0.2) is 15.6 Å². The number of aromatic nitrogens is 2. The minimum Gasteiger partial charge on any atom is -0.453 e. The van der Waals surface area contributed by atoms with Gasteiger partial charge in [0, 0.05) is 10.5 Å². The number of carbonyl (C=O) groups is 1. The highest BCUT2D eigenvalue weighted by molar-refractivity contribution is 9.10. The van der Waals surface area contributed by atoms with Crippen LogP contribution >= 0.6 is 15.9 Å². The summed E-state index contributed by atoms with van der Waals surface area (Å²) in [5.74, 6) is 1.13. The molecule has 0 N–H and O–H groups in total. The van der Waals surface area contributed by atoms with Crippen molar-refractivity contribution in [2.24, 2.45) is 0 Å². The predicted octanol–water partition coefficient (Wildman–Crippen LogP) is 4.22. The van der Waals surface area contributed by atoms with Crippen molar-refractivity contribution in [3.8, 4) is 11.5 Å². The highest BCUT2D eigenvalue weighted by atomic mass is 79.9. The fourth-order valence-electron chi connectivity index (χ4n) is 1.65. The van der Waals surface area contributed by atoms with E-state index in [2.05, 4.69) is 21.0 Å². The van der Waals surface area contributed by atoms with Crippen molar-refractivity contribution >= 4 is 21.7 Å². The Hall–Kier alpha value is -1.62. The lowest BCUT2D eigenvalue weighted by molar-refractivity contribution is 0.101. The van der Waals surface area contributed by atoms with Gasteiger partial charge in [0.05, 0.1) is 18.0 Å². The standard InChI is InChI=1S/C14H15BrN2O2/c1-9(2)17-8-12(7-16-17)19-14-5-4-11(15)6-13(14)10(3)18/h4-9H,1-3H3. The third-order valence-corrected chi connectivity index (χ3v) is 3.15. The van der Waals surface area contributed by atoms with Gasteiger partial charge in [-0.25, -0.2) is 0 Å². The largest absolute Gasteiger partial charge is 0.453 e. The first-order chi connectivity index (χ1) is 8.97. The summed E-state index contributed by atoms with van der Waals surface area (Å²) < 4.78 is 8.39. The molecule has 0 saturated heterocycles. The highest BCUT2D eigenvalue weighted by Gasteiger charge is 2.11. The van der Waals surface area contributed by atoms with E-state index in [0.29, 0.717) is 17.1 Å². The SMILES string of the molecule is CC(=O)c1cc(Br)ccc1Oc1cnn(C(C)C)c1. The van der Waals surface area contributed by atoms with Crippen molar-refractivity contribution in [3.63, 3.8) is 0 Å². The first-order valence-electron chi connectivity index (χ1n) is 6.00. The van der Waals surface area contributed by atoms with Crippen LogP contribution in [0.25, 0.3) is 0 Å². The van der Waals surface area contributed by atoms with E-state index in [9.17, 15) is 4.79 Å². The molecule has 1 heterocycles. The van der Waals surface area contributed by atoms with Crippen molar-refractivity contribution in [2.75, 3.05) is 0 Å². The first kappa shape index (κ1) is 13.8. The lowest BCUT2D eigenvalue weighted by Gasteiger charge is -2.08. The molecule has 0 aliphatic carbocycles.